The zero-order valence-corrected chi connectivity index (χ0v) is 29.3. The third kappa shape index (κ3) is 9.13. The Morgan fingerprint density at radius 1 is 0.837 bits per heavy atom. The molecular weight excluding hydrogens is 662 g/mol. The first-order chi connectivity index (χ1) is 23.7. The van der Waals surface area contributed by atoms with Crippen LogP contribution in [0.1, 0.15) is 43.2 Å². The molecule has 258 valence electrons. The number of benzene rings is 4. The summed E-state index contributed by atoms with van der Waals surface area (Å²) >= 11 is 6.47. The van der Waals surface area contributed by atoms with Crippen LogP contribution in [0.4, 0.5) is 5.69 Å². The van der Waals surface area contributed by atoms with Gasteiger partial charge in [0.05, 0.1) is 29.8 Å². The first-order valence-electron chi connectivity index (χ1n) is 16.4. The lowest BCUT2D eigenvalue weighted by Crippen LogP contribution is -2.55. The van der Waals surface area contributed by atoms with Crippen LogP contribution in [0.15, 0.2) is 108 Å². The van der Waals surface area contributed by atoms with E-state index < -0.39 is 28.5 Å². The number of rotatable bonds is 14. The highest BCUT2D eigenvalue weighted by molar-refractivity contribution is 7.92. The van der Waals surface area contributed by atoms with Gasteiger partial charge in [-0.25, -0.2) is 8.42 Å². The molecule has 0 aromatic heterocycles. The number of nitrogens with zero attached hydrogens (tertiary/aromatic N) is 2. The minimum Gasteiger partial charge on any atom is -0.497 e. The number of methoxy groups -OCH3 is 2. The van der Waals surface area contributed by atoms with Gasteiger partial charge in [0.25, 0.3) is 10.0 Å². The maximum Gasteiger partial charge on any atom is 0.264 e. The lowest BCUT2D eigenvalue weighted by molar-refractivity contribution is -0.140. The number of anilines is 1. The zero-order chi connectivity index (χ0) is 34.8. The molecular formula is C38H42ClN3O6S. The Kier molecular flexibility index (Phi) is 12.2. The maximum absolute atomic E-state index is 14.8. The fraction of sp³-hybridized carbons (Fsp3) is 0.316. The normalized spacial score (nSPS) is 14.0. The SMILES string of the molecule is COc1cccc(CN(C(=O)CN(c2ccc(OC)c(Cl)c2)S(=O)(=O)c2ccccc2)[C@H](Cc2ccccc2)C(=O)NC2CCCCC2)c1. The van der Waals surface area contributed by atoms with Gasteiger partial charge in [0.2, 0.25) is 11.8 Å². The number of hydrogen-bond donors (Lipinski definition) is 1. The topological polar surface area (TPSA) is 105 Å². The van der Waals surface area contributed by atoms with E-state index in [9.17, 15) is 18.0 Å². The van der Waals surface area contributed by atoms with E-state index in [-0.39, 0.29) is 40.5 Å². The quantitative estimate of drug-likeness (QED) is 0.158. The van der Waals surface area contributed by atoms with Crippen LogP contribution >= 0.6 is 11.6 Å². The van der Waals surface area contributed by atoms with Gasteiger partial charge in [0.1, 0.15) is 24.1 Å². The second-order valence-corrected chi connectivity index (χ2v) is 14.3. The Morgan fingerprint density at radius 2 is 1.51 bits per heavy atom. The van der Waals surface area contributed by atoms with Crippen molar-refractivity contribution in [1.29, 1.82) is 0 Å². The van der Waals surface area contributed by atoms with Crippen molar-refractivity contribution in [1.82, 2.24) is 10.2 Å². The number of carbonyl (C=O) groups excluding carboxylic acids is 2. The molecule has 11 heteroatoms. The van der Waals surface area contributed by atoms with Crippen LogP contribution in [-0.4, -0.2) is 58.0 Å². The second kappa shape index (κ2) is 16.7. The Morgan fingerprint density at radius 3 is 2.16 bits per heavy atom. The number of carbonyl (C=O) groups is 2. The monoisotopic (exact) mass is 703 g/mol. The van der Waals surface area contributed by atoms with E-state index in [1.807, 2.05) is 42.5 Å². The molecule has 1 atom stereocenters. The van der Waals surface area contributed by atoms with Crippen LogP contribution in [0.3, 0.4) is 0 Å². The van der Waals surface area contributed by atoms with Crippen LogP contribution in [0.25, 0.3) is 0 Å². The first-order valence-corrected chi connectivity index (χ1v) is 18.2. The van der Waals surface area contributed by atoms with Gasteiger partial charge in [0.15, 0.2) is 0 Å². The van der Waals surface area contributed by atoms with E-state index in [1.165, 1.54) is 30.2 Å². The second-order valence-electron chi connectivity index (χ2n) is 12.1. The van der Waals surface area contributed by atoms with Gasteiger partial charge >= 0.3 is 0 Å². The first kappa shape index (κ1) is 35.8. The van der Waals surface area contributed by atoms with Crippen LogP contribution < -0.4 is 19.1 Å². The standard InChI is InChI=1S/C38H42ClN3O6S/c1-47-32-18-12-15-29(23-32)26-41(35(24-28-13-6-3-7-14-28)38(44)40-30-16-8-4-9-17-30)37(43)27-42(31-21-22-36(48-2)34(39)25-31)49(45,46)33-19-10-5-11-20-33/h3,5-7,10-15,18-23,25,30,35H,4,8-9,16-17,24,26-27H2,1-2H3,(H,40,44)/t35-/m1/s1. The highest BCUT2D eigenvalue weighted by atomic mass is 35.5. The maximum atomic E-state index is 14.8. The summed E-state index contributed by atoms with van der Waals surface area (Å²) in [7, 11) is -1.24. The Hall–Kier alpha value is -4.54. The summed E-state index contributed by atoms with van der Waals surface area (Å²) in [6.07, 6.45) is 5.15. The highest BCUT2D eigenvalue weighted by Crippen LogP contribution is 2.32. The average Bonchev–Trinajstić information content (AvgIpc) is 3.13. The summed E-state index contributed by atoms with van der Waals surface area (Å²) in [6.45, 7) is -0.555. The molecule has 2 amide bonds. The highest BCUT2D eigenvalue weighted by Gasteiger charge is 2.35. The van der Waals surface area contributed by atoms with Gasteiger partial charge in [-0.2, -0.15) is 0 Å². The van der Waals surface area contributed by atoms with Crippen molar-refractivity contribution in [3.63, 3.8) is 0 Å². The van der Waals surface area contributed by atoms with Crippen molar-refractivity contribution in [2.45, 2.75) is 62.0 Å². The number of ether oxygens (including phenoxy) is 2. The third-order valence-corrected chi connectivity index (χ3v) is 10.8. The molecule has 4 aromatic carbocycles. The predicted octanol–water partition coefficient (Wildman–Crippen LogP) is 6.64. The van der Waals surface area contributed by atoms with Crippen molar-refractivity contribution in [2.75, 3.05) is 25.1 Å². The molecule has 0 spiro atoms. The summed E-state index contributed by atoms with van der Waals surface area (Å²) in [5.74, 6) is 0.110. The number of nitrogens with one attached hydrogen (secondary N) is 1. The summed E-state index contributed by atoms with van der Waals surface area (Å²) < 4.78 is 40.3. The van der Waals surface area contributed by atoms with E-state index in [4.69, 9.17) is 21.1 Å². The Bertz CT molecular complexity index is 1820. The van der Waals surface area contributed by atoms with E-state index in [1.54, 1.807) is 49.6 Å². The van der Waals surface area contributed by atoms with Crippen molar-refractivity contribution in [3.05, 3.63) is 119 Å². The summed E-state index contributed by atoms with van der Waals surface area (Å²) in [6, 6.07) is 28.3. The largest absolute Gasteiger partial charge is 0.497 e. The minimum absolute atomic E-state index is 0.00434. The number of amides is 2. The third-order valence-electron chi connectivity index (χ3n) is 8.74. The Balaban J connectivity index is 1.58. The van der Waals surface area contributed by atoms with E-state index >= 15 is 0 Å². The molecule has 9 nitrogen and oxygen atoms in total. The zero-order valence-electron chi connectivity index (χ0n) is 27.8. The van der Waals surface area contributed by atoms with Crippen molar-refractivity contribution >= 4 is 39.1 Å². The van der Waals surface area contributed by atoms with Crippen molar-refractivity contribution in [3.8, 4) is 11.5 Å². The van der Waals surface area contributed by atoms with Gasteiger partial charge in [-0.1, -0.05) is 91.5 Å². The Labute approximate surface area is 293 Å². The molecule has 0 heterocycles. The smallest absolute Gasteiger partial charge is 0.264 e. The number of halogens is 1. The van der Waals surface area contributed by atoms with Gasteiger partial charge in [-0.05, 0) is 66.4 Å². The molecule has 0 radical (unpaired) electrons. The average molecular weight is 704 g/mol. The van der Waals surface area contributed by atoms with Crippen molar-refractivity contribution < 1.29 is 27.5 Å². The van der Waals surface area contributed by atoms with Crippen LogP contribution in [-0.2, 0) is 32.6 Å². The van der Waals surface area contributed by atoms with E-state index in [0.717, 1.165) is 47.5 Å². The molecule has 1 N–H and O–H groups in total. The molecule has 1 saturated carbocycles. The number of sulfonamides is 1. The van der Waals surface area contributed by atoms with Crippen LogP contribution in [0.2, 0.25) is 5.02 Å². The van der Waals surface area contributed by atoms with Crippen LogP contribution in [0, 0.1) is 0 Å². The molecule has 49 heavy (non-hydrogen) atoms. The van der Waals surface area contributed by atoms with Gasteiger partial charge in [-0.15, -0.1) is 0 Å². The summed E-state index contributed by atoms with van der Waals surface area (Å²) in [4.78, 5) is 30.5. The van der Waals surface area contributed by atoms with E-state index in [2.05, 4.69) is 5.32 Å². The predicted molar refractivity (Wildman–Crippen MR) is 191 cm³/mol. The molecule has 0 saturated heterocycles. The van der Waals surface area contributed by atoms with Crippen molar-refractivity contribution in [2.24, 2.45) is 0 Å². The molecule has 4 aromatic rings. The lowest BCUT2D eigenvalue weighted by Gasteiger charge is -2.35. The summed E-state index contributed by atoms with van der Waals surface area (Å²) in [5, 5.41) is 3.41. The summed E-state index contributed by atoms with van der Waals surface area (Å²) in [5.41, 5.74) is 1.77. The van der Waals surface area contributed by atoms with Crippen LogP contribution in [0.5, 0.6) is 11.5 Å². The molecule has 0 bridgehead atoms. The number of hydrogen-bond acceptors (Lipinski definition) is 6. The van der Waals surface area contributed by atoms with E-state index in [0.29, 0.717) is 11.5 Å². The molecule has 1 fully saturated rings. The van der Waals surface area contributed by atoms with Gasteiger partial charge in [-0.3, -0.25) is 13.9 Å². The molecule has 1 aliphatic carbocycles. The fourth-order valence-corrected chi connectivity index (χ4v) is 7.80. The molecule has 1 aliphatic rings. The molecule has 0 aliphatic heterocycles. The van der Waals surface area contributed by atoms with Gasteiger partial charge in [0, 0.05) is 19.0 Å². The minimum atomic E-state index is -4.26. The molecule has 5 rings (SSSR count). The van der Waals surface area contributed by atoms with Gasteiger partial charge < -0.3 is 19.7 Å². The molecule has 0 unspecified atom stereocenters. The fourth-order valence-electron chi connectivity index (χ4n) is 6.12. The lowest BCUT2D eigenvalue weighted by atomic mass is 9.94.